The Morgan fingerprint density at radius 2 is 2.05 bits per heavy atom. The maximum atomic E-state index is 12.2. The number of nitrogens with two attached hydrogens (primary N) is 1. The molecule has 3 atom stereocenters. The molecule has 4 heteroatoms. The number of ether oxygens (including phenoxy) is 1. The summed E-state index contributed by atoms with van der Waals surface area (Å²) in [5.41, 5.74) is 7.93. The van der Waals surface area contributed by atoms with E-state index in [1.165, 1.54) is 0 Å². The molecule has 3 unspecified atom stereocenters. The molecular weight excluding hydrogens is 258 g/mol. The first-order valence-corrected chi connectivity index (χ1v) is 8.24. The molecule has 1 aromatic carbocycles. The molecule has 0 fully saturated rings. The van der Waals surface area contributed by atoms with Crippen LogP contribution in [0.5, 0.6) is 5.75 Å². The summed E-state index contributed by atoms with van der Waals surface area (Å²) in [6, 6.07) is 5.87. The van der Waals surface area contributed by atoms with Gasteiger partial charge in [0.05, 0.1) is 12.9 Å². The molecule has 2 N–H and O–H groups in total. The van der Waals surface area contributed by atoms with Crippen molar-refractivity contribution in [3.05, 3.63) is 29.3 Å². The third-order valence-electron chi connectivity index (χ3n) is 3.31. The van der Waals surface area contributed by atoms with Crippen molar-refractivity contribution in [2.45, 2.75) is 39.0 Å². The summed E-state index contributed by atoms with van der Waals surface area (Å²) < 4.78 is 17.5. The van der Waals surface area contributed by atoms with Crippen LogP contribution in [0.1, 0.15) is 44.4 Å². The third kappa shape index (κ3) is 4.96. The molecule has 0 bridgehead atoms. The number of hydrogen-bond acceptors (Lipinski definition) is 3. The normalized spacial score (nSPS) is 15.8. The number of hydrogen-bond donors (Lipinski definition) is 1. The van der Waals surface area contributed by atoms with E-state index in [9.17, 15) is 4.21 Å². The fourth-order valence-corrected chi connectivity index (χ4v) is 3.42. The topological polar surface area (TPSA) is 52.3 Å². The first kappa shape index (κ1) is 16.2. The Labute approximate surface area is 119 Å². The lowest BCUT2D eigenvalue weighted by Gasteiger charge is -2.14. The summed E-state index contributed by atoms with van der Waals surface area (Å²) in [5.74, 6) is 2.56. The Kier molecular flexibility index (Phi) is 6.52. The highest BCUT2D eigenvalue weighted by Crippen LogP contribution is 2.24. The van der Waals surface area contributed by atoms with Crippen molar-refractivity contribution in [1.82, 2.24) is 0 Å². The van der Waals surface area contributed by atoms with Crippen LogP contribution >= 0.6 is 0 Å². The van der Waals surface area contributed by atoms with E-state index < -0.39 is 10.8 Å². The fraction of sp³-hybridized carbons (Fsp3) is 0.600. The number of rotatable bonds is 7. The monoisotopic (exact) mass is 283 g/mol. The highest BCUT2D eigenvalue weighted by Gasteiger charge is 2.12. The highest BCUT2D eigenvalue weighted by molar-refractivity contribution is 7.84. The predicted octanol–water partition coefficient (Wildman–Crippen LogP) is 3.01. The van der Waals surface area contributed by atoms with Crippen molar-refractivity contribution in [3.63, 3.8) is 0 Å². The van der Waals surface area contributed by atoms with Gasteiger partial charge in [0.25, 0.3) is 0 Å². The van der Waals surface area contributed by atoms with Crippen LogP contribution < -0.4 is 10.5 Å². The molecule has 1 rings (SSSR count). The Balaban J connectivity index is 2.85. The molecule has 108 valence electrons. The van der Waals surface area contributed by atoms with Crippen molar-refractivity contribution >= 4 is 10.8 Å². The molecule has 0 aliphatic heterocycles. The fourth-order valence-electron chi connectivity index (χ4n) is 1.86. The van der Waals surface area contributed by atoms with Gasteiger partial charge in [-0.05, 0) is 30.5 Å². The predicted molar refractivity (Wildman–Crippen MR) is 81.8 cm³/mol. The zero-order valence-corrected chi connectivity index (χ0v) is 13.1. The molecule has 3 nitrogen and oxygen atoms in total. The van der Waals surface area contributed by atoms with Crippen molar-refractivity contribution < 1.29 is 8.95 Å². The van der Waals surface area contributed by atoms with Gasteiger partial charge in [0.2, 0.25) is 0 Å². The average Bonchev–Trinajstić information content (AvgIpc) is 2.38. The van der Waals surface area contributed by atoms with Gasteiger partial charge in [0.15, 0.2) is 0 Å². The van der Waals surface area contributed by atoms with Gasteiger partial charge in [0.1, 0.15) is 5.75 Å². The smallest absolute Gasteiger partial charge is 0.123 e. The van der Waals surface area contributed by atoms with E-state index in [0.717, 1.165) is 29.1 Å². The van der Waals surface area contributed by atoms with Gasteiger partial charge < -0.3 is 10.5 Å². The summed E-state index contributed by atoms with van der Waals surface area (Å²) in [5, 5.41) is 0. The minimum atomic E-state index is -0.855. The standard InChI is InChI=1S/C15H25NO2S/c1-5-11(2)9-19(17)10-14-8-13(12(3)16)6-7-15(14)18-4/h6-8,11-12H,5,9-10,16H2,1-4H3. The van der Waals surface area contributed by atoms with Crippen LogP contribution in [-0.2, 0) is 16.6 Å². The van der Waals surface area contributed by atoms with Gasteiger partial charge in [-0.1, -0.05) is 26.3 Å². The Bertz CT molecular complexity index is 432. The van der Waals surface area contributed by atoms with E-state index in [1.807, 2.05) is 25.1 Å². The van der Waals surface area contributed by atoms with Crippen molar-refractivity contribution in [2.75, 3.05) is 12.9 Å². The number of methoxy groups -OCH3 is 1. The SMILES string of the molecule is CCC(C)CS(=O)Cc1cc(C(C)N)ccc1OC. The first-order valence-electron chi connectivity index (χ1n) is 6.75. The van der Waals surface area contributed by atoms with Crippen LogP contribution in [0.15, 0.2) is 18.2 Å². The molecule has 19 heavy (non-hydrogen) atoms. The molecule has 0 saturated heterocycles. The maximum absolute atomic E-state index is 12.2. The summed E-state index contributed by atoms with van der Waals surface area (Å²) >= 11 is 0. The molecule has 0 aliphatic rings. The zero-order chi connectivity index (χ0) is 14.4. The zero-order valence-electron chi connectivity index (χ0n) is 12.3. The Hall–Kier alpha value is -0.870. The Morgan fingerprint density at radius 3 is 2.58 bits per heavy atom. The van der Waals surface area contributed by atoms with Crippen LogP contribution in [0.4, 0.5) is 0 Å². The van der Waals surface area contributed by atoms with Gasteiger partial charge in [-0.2, -0.15) is 0 Å². The molecule has 0 aromatic heterocycles. The van der Waals surface area contributed by atoms with Gasteiger partial charge in [0, 0.05) is 28.2 Å². The lowest BCUT2D eigenvalue weighted by molar-refractivity contribution is 0.411. The number of benzene rings is 1. The van der Waals surface area contributed by atoms with Gasteiger partial charge >= 0.3 is 0 Å². The van der Waals surface area contributed by atoms with E-state index >= 15 is 0 Å². The molecule has 0 heterocycles. The summed E-state index contributed by atoms with van der Waals surface area (Å²) in [7, 11) is 0.786. The second-order valence-corrected chi connectivity index (χ2v) is 6.63. The lowest BCUT2D eigenvalue weighted by Crippen LogP contribution is -2.11. The minimum absolute atomic E-state index is 0.0207. The third-order valence-corrected chi connectivity index (χ3v) is 4.89. The molecule has 0 radical (unpaired) electrons. The van der Waals surface area contributed by atoms with Gasteiger partial charge in [-0.25, -0.2) is 0 Å². The first-order chi connectivity index (χ1) is 8.97. The average molecular weight is 283 g/mol. The van der Waals surface area contributed by atoms with E-state index in [2.05, 4.69) is 13.8 Å². The van der Waals surface area contributed by atoms with E-state index in [0.29, 0.717) is 11.7 Å². The van der Waals surface area contributed by atoms with E-state index in [1.54, 1.807) is 7.11 Å². The molecule has 1 aromatic rings. The summed E-state index contributed by atoms with van der Waals surface area (Å²) in [4.78, 5) is 0. The highest BCUT2D eigenvalue weighted by atomic mass is 32.2. The lowest BCUT2D eigenvalue weighted by atomic mass is 10.1. The second-order valence-electron chi connectivity index (χ2n) is 5.12. The molecule has 0 spiro atoms. The van der Waals surface area contributed by atoms with Crippen molar-refractivity contribution in [2.24, 2.45) is 11.7 Å². The van der Waals surface area contributed by atoms with Crippen LogP contribution in [0.25, 0.3) is 0 Å². The van der Waals surface area contributed by atoms with Crippen LogP contribution in [0, 0.1) is 5.92 Å². The minimum Gasteiger partial charge on any atom is -0.496 e. The summed E-state index contributed by atoms with van der Waals surface area (Å²) in [6.07, 6.45) is 1.06. The quantitative estimate of drug-likeness (QED) is 0.837. The van der Waals surface area contributed by atoms with E-state index in [-0.39, 0.29) is 6.04 Å². The molecule has 0 saturated carbocycles. The molecule has 0 amide bonds. The largest absolute Gasteiger partial charge is 0.496 e. The second kappa shape index (κ2) is 7.65. The van der Waals surface area contributed by atoms with Crippen molar-refractivity contribution in [3.8, 4) is 5.75 Å². The van der Waals surface area contributed by atoms with Crippen LogP contribution in [0.3, 0.4) is 0 Å². The van der Waals surface area contributed by atoms with Crippen molar-refractivity contribution in [1.29, 1.82) is 0 Å². The molecule has 0 aliphatic carbocycles. The van der Waals surface area contributed by atoms with Gasteiger partial charge in [-0.15, -0.1) is 0 Å². The molecular formula is C15H25NO2S. The van der Waals surface area contributed by atoms with E-state index in [4.69, 9.17) is 10.5 Å². The van der Waals surface area contributed by atoms with Crippen LogP contribution in [0.2, 0.25) is 0 Å². The summed E-state index contributed by atoms with van der Waals surface area (Å²) in [6.45, 7) is 6.20. The van der Waals surface area contributed by atoms with Crippen LogP contribution in [-0.4, -0.2) is 17.1 Å². The van der Waals surface area contributed by atoms with Gasteiger partial charge in [-0.3, -0.25) is 4.21 Å². The maximum Gasteiger partial charge on any atom is 0.123 e. The Morgan fingerprint density at radius 1 is 1.37 bits per heavy atom.